The summed E-state index contributed by atoms with van der Waals surface area (Å²) in [5.41, 5.74) is 0.985. The van der Waals surface area contributed by atoms with Crippen molar-refractivity contribution < 1.29 is 22.7 Å². The molecule has 11 heteroatoms. The number of nitrogens with zero attached hydrogens (tertiary/aromatic N) is 4. The average molecular weight is 371 g/mol. The standard InChI is InChI=1S/C14H12F3N5O2S/c1-24-9-4-2-8(3-5-9)6-7-18-10(23)11-21-22-12(14(15,16)17)19-20-13(22)25-11/h2-5H,6-7H2,1H3,(H,18,23). The van der Waals surface area contributed by atoms with Gasteiger partial charge < -0.3 is 10.1 Å². The number of alkyl halides is 3. The Morgan fingerprint density at radius 2 is 2.00 bits per heavy atom. The minimum absolute atomic E-state index is 0.0902. The highest BCUT2D eigenvalue weighted by atomic mass is 32.1. The van der Waals surface area contributed by atoms with Gasteiger partial charge in [-0.15, -0.1) is 15.3 Å². The molecule has 2 aromatic heterocycles. The Morgan fingerprint density at radius 3 is 2.64 bits per heavy atom. The van der Waals surface area contributed by atoms with Gasteiger partial charge in [0.25, 0.3) is 11.7 Å². The number of rotatable bonds is 5. The van der Waals surface area contributed by atoms with Gasteiger partial charge >= 0.3 is 6.18 Å². The minimum Gasteiger partial charge on any atom is -0.497 e. The molecule has 0 atom stereocenters. The Balaban J connectivity index is 1.63. The second kappa shape index (κ2) is 6.67. The maximum absolute atomic E-state index is 12.7. The Bertz CT molecular complexity index is 888. The van der Waals surface area contributed by atoms with E-state index < -0.39 is 17.9 Å². The SMILES string of the molecule is COc1ccc(CCNC(=O)c2nn3c(C(F)(F)F)nnc3s2)cc1. The van der Waals surface area contributed by atoms with Gasteiger partial charge in [0.1, 0.15) is 5.75 Å². The van der Waals surface area contributed by atoms with Crippen LogP contribution in [-0.2, 0) is 12.6 Å². The Labute approximate surface area is 143 Å². The van der Waals surface area contributed by atoms with Crippen molar-refractivity contribution in [3.8, 4) is 5.75 Å². The highest BCUT2D eigenvalue weighted by Gasteiger charge is 2.38. The predicted molar refractivity (Wildman–Crippen MR) is 82.7 cm³/mol. The summed E-state index contributed by atoms with van der Waals surface area (Å²) in [7, 11) is 1.57. The van der Waals surface area contributed by atoms with E-state index in [0.717, 1.165) is 22.6 Å². The van der Waals surface area contributed by atoms with Crippen LogP contribution in [0.3, 0.4) is 0 Å². The summed E-state index contributed by atoms with van der Waals surface area (Å²) in [5, 5.41) is 12.6. The lowest BCUT2D eigenvalue weighted by atomic mass is 10.1. The highest BCUT2D eigenvalue weighted by Crippen LogP contribution is 2.28. The smallest absolute Gasteiger partial charge is 0.453 e. The number of benzene rings is 1. The summed E-state index contributed by atoms with van der Waals surface area (Å²) < 4.78 is 43.8. The summed E-state index contributed by atoms with van der Waals surface area (Å²) in [4.78, 5) is 11.9. The van der Waals surface area contributed by atoms with Crippen molar-refractivity contribution in [2.45, 2.75) is 12.6 Å². The molecule has 0 radical (unpaired) electrons. The average Bonchev–Trinajstić information content (AvgIpc) is 3.14. The Hall–Kier alpha value is -2.69. The lowest BCUT2D eigenvalue weighted by molar-refractivity contribution is -0.146. The predicted octanol–water partition coefficient (Wildman–Crippen LogP) is 2.19. The van der Waals surface area contributed by atoms with Gasteiger partial charge in [-0.3, -0.25) is 4.79 Å². The number of nitrogens with one attached hydrogen (secondary N) is 1. The maximum atomic E-state index is 12.7. The maximum Gasteiger partial charge on any atom is 0.453 e. The summed E-state index contributed by atoms with van der Waals surface area (Å²) in [6.45, 7) is 0.317. The van der Waals surface area contributed by atoms with Gasteiger partial charge in [0.15, 0.2) is 0 Å². The van der Waals surface area contributed by atoms with E-state index in [1.165, 1.54) is 0 Å². The first-order valence-electron chi connectivity index (χ1n) is 7.09. The molecule has 0 spiro atoms. The molecule has 0 aliphatic carbocycles. The number of halogens is 3. The van der Waals surface area contributed by atoms with E-state index in [1.54, 1.807) is 19.2 Å². The summed E-state index contributed by atoms with van der Waals surface area (Å²) >= 11 is 0.743. The zero-order chi connectivity index (χ0) is 18.0. The van der Waals surface area contributed by atoms with E-state index in [9.17, 15) is 18.0 Å². The molecule has 0 bridgehead atoms. The first kappa shape index (κ1) is 17.1. The number of fused-ring (bicyclic) bond motifs is 1. The van der Waals surface area contributed by atoms with E-state index >= 15 is 0 Å². The molecule has 0 saturated heterocycles. The topological polar surface area (TPSA) is 81.4 Å². The second-order valence-electron chi connectivity index (χ2n) is 4.98. The quantitative estimate of drug-likeness (QED) is 0.744. The lowest BCUT2D eigenvalue weighted by Crippen LogP contribution is -2.26. The molecule has 132 valence electrons. The minimum atomic E-state index is -4.68. The zero-order valence-electron chi connectivity index (χ0n) is 12.9. The van der Waals surface area contributed by atoms with Crippen molar-refractivity contribution in [1.82, 2.24) is 25.1 Å². The molecule has 0 fully saturated rings. The van der Waals surface area contributed by atoms with E-state index in [1.807, 2.05) is 12.1 Å². The van der Waals surface area contributed by atoms with E-state index in [2.05, 4.69) is 20.6 Å². The molecule has 0 aliphatic rings. The highest BCUT2D eigenvalue weighted by molar-refractivity contribution is 7.18. The molecule has 3 rings (SSSR count). The fourth-order valence-corrected chi connectivity index (χ4v) is 2.83. The Kier molecular flexibility index (Phi) is 4.57. The number of ether oxygens (including phenoxy) is 1. The van der Waals surface area contributed by atoms with Gasteiger partial charge in [-0.25, -0.2) is 0 Å². The normalized spacial score (nSPS) is 11.7. The molecule has 1 N–H and O–H groups in total. The van der Waals surface area contributed by atoms with Crippen molar-refractivity contribution in [1.29, 1.82) is 0 Å². The van der Waals surface area contributed by atoms with Gasteiger partial charge in [-0.05, 0) is 24.1 Å². The summed E-state index contributed by atoms with van der Waals surface area (Å²) in [6, 6.07) is 7.34. The van der Waals surface area contributed by atoms with Crippen LogP contribution in [0.5, 0.6) is 5.75 Å². The fraction of sp³-hybridized carbons (Fsp3) is 0.286. The van der Waals surface area contributed by atoms with Crippen LogP contribution in [0.15, 0.2) is 24.3 Å². The fourth-order valence-electron chi connectivity index (χ4n) is 2.07. The van der Waals surface area contributed by atoms with Crippen LogP contribution < -0.4 is 10.1 Å². The molecule has 7 nitrogen and oxygen atoms in total. The molecule has 1 aromatic carbocycles. The van der Waals surface area contributed by atoms with Gasteiger partial charge in [0, 0.05) is 6.54 Å². The monoisotopic (exact) mass is 371 g/mol. The number of carbonyl (C=O) groups excluding carboxylic acids is 1. The number of methoxy groups -OCH3 is 1. The van der Waals surface area contributed by atoms with Gasteiger partial charge in [-0.2, -0.15) is 17.7 Å². The van der Waals surface area contributed by atoms with Crippen LogP contribution in [-0.4, -0.2) is 39.4 Å². The number of hydrogen-bond acceptors (Lipinski definition) is 6. The van der Waals surface area contributed by atoms with E-state index in [4.69, 9.17) is 4.74 Å². The molecule has 0 aliphatic heterocycles. The van der Waals surface area contributed by atoms with Crippen LogP contribution in [0.25, 0.3) is 4.96 Å². The van der Waals surface area contributed by atoms with Gasteiger partial charge in [0.2, 0.25) is 9.97 Å². The summed E-state index contributed by atoms with van der Waals surface area (Å²) in [6.07, 6.45) is -4.12. The molecule has 0 saturated carbocycles. The molecule has 2 heterocycles. The molecule has 3 aromatic rings. The molecule has 1 amide bonds. The second-order valence-corrected chi connectivity index (χ2v) is 5.93. The van der Waals surface area contributed by atoms with Crippen LogP contribution >= 0.6 is 11.3 Å². The van der Waals surface area contributed by atoms with Gasteiger partial charge in [-0.1, -0.05) is 23.5 Å². The zero-order valence-corrected chi connectivity index (χ0v) is 13.7. The van der Waals surface area contributed by atoms with Crippen LogP contribution in [0, 0.1) is 0 Å². The van der Waals surface area contributed by atoms with Crippen molar-refractivity contribution in [3.63, 3.8) is 0 Å². The Morgan fingerprint density at radius 1 is 1.28 bits per heavy atom. The molecular weight excluding hydrogens is 359 g/mol. The number of carbonyl (C=O) groups is 1. The van der Waals surface area contributed by atoms with Crippen molar-refractivity contribution in [2.24, 2.45) is 0 Å². The van der Waals surface area contributed by atoms with E-state index in [0.29, 0.717) is 17.5 Å². The third-order valence-electron chi connectivity index (χ3n) is 3.30. The van der Waals surface area contributed by atoms with E-state index in [-0.39, 0.29) is 9.97 Å². The van der Waals surface area contributed by atoms with Crippen molar-refractivity contribution in [3.05, 3.63) is 40.7 Å². The number of amides is 1. The van der Waals surface area contributed by atoms with Crippen LogP contribution in [0.2, 0.25) is 0 Å². The number of hydrogen-bond donors (Lipinski definition) is 1. The molecule has 0 unspecified atom stereocenters. The first-order chi connectivity index (χ1) is 11.9. The van der Waals surface area contributed by atoms with Crippen LogP contribution in [0.4, 0.5) is 13.2 Å². The van der Waals surface area contributed by atoms with Gasteiger partial charge in [0.05, 0.1) is 7.11 Å². The third-order valence-corrected chi connectivity index (χ3v) is 4.19. The molecule has 25 heavy (non-hydrogen) atoms. The number of aromatic nitrogens is 4. The van der Waals surface area contributed by atoms with Crippen molar-refractivity contribution in [2.75, 3.05) is 13.7 Å². The third kappa shape index (κ3) is 3.71. The molecular formula is C14H12F3N5O2S. The first-order valence-corrected chi connectivity index (χ1v) is 7.90. The lowest BCUT2D eigenvalue weighted by Gasteiger charge is -2.04. The van der Waals surface area contributed by atoms with Crippen LogP contribution in [0.1, 0.15) is 21.2 Å². The largest absolute Gasteiger partial charge is 0.497 e. The van der Waals surface area contributed by atoms with Crippen molar-refractivity contribution >= 4 is 22.2 Å². The summed E-state index contributed by atoms with van der Waals surface area (Å²) in [5.74, 6) is -1.08.